The van der Waals surface area contributed by atoms with Crippen LogP contribution in [-0.4, -0.2) is 14.8 Å². The number of nitrogens with zero attached hydrogens (tertiary/aromatic N) is 3. The number of aromatic nitrogens is 3. The lowest BCUT2D eigenvalue weighted by Crippen LogP contribution is -1.92. The Morgan fingerprint density at radius 3 is 2.79 bits per heavy atom. The highest BCUT2D eigenvalue weighted by Crippen LogP contribution is 2.24. The molecule has 2 heterocycles. The van der Waals surface area contributed by atoms with Crippen LogP contribution in [0.2, 0.25) is 0 Å². The van der Waals surface area contributed by atoms with Crippen molar-refractivity contribution < 1.29 is 0 Å². The van der Waals surface area contributed by atoms with Gasteiger partial charge in [-0.25, -0.2) is 0 Å². The monoisotopic (exact) mass is 188 g/mol. The molecule has 14 heavy (non-hydrogen) atoms. The van der Waals surface area contributed by atoms with Crippen LogP contribution in [0.15, 0.2) is 24.5 Å². The molecule has 0 fully saturated rings. The highest BCUT2D eigenvalue weighted by Gasteiger charge is 2.09. The van der Waals surface area contributed by atoms with Crippen molar-refractivity contribution in [1.29, 1.82) is 0 Å². The second-order valence-corrected chi connectivity index (χ2v) is 3.24. The molecule has 0 atom stereocenters. The summed E-state index contributed by atoms with van der Waals surface area (Å²) in [5.41, 5.74) is 9.25. The fourth-order valence-corrected chi connectivity index (χ4v) is 1.47. The van der Waals surface area contributed by atoms with Gasteiger partial charge in [0.05, 0.1) is 17.1 Å². The Morgan fingerprint density at radius 2 is 2.21 bits per heavy atom. The summed E-state index contributed by atoms with van der Waals surface area (Å²) in [7, 11) is 1.88. The van der Waals surface area contributed by atoms with E-state index in [1.165, 1.54) is 0 Å². The molecule has 0 unspecified atom stereocenters. The summed E-state index contributed by atoms with van der Waals surface area (Å²) in [6.07, 6.45) is 3.66. The number of anilines is 1. The maximum atomic E-state index is 5.83. The van der Waals surface area contributed by atoms with Gasteiger partial charge in [0.15, 0.2) is 0 Å². The Balaban J connectivity index is 2.60. The van der Waals surface area contributed by atoms with Crippen molar-refractivity contribution in [3.05, 3.63) is 30.2 Å². The maximum absolute atomic E-state index is 5.83. The molecule has 2 aromatic heterocycles. The fourth-order valence-electron chi connectivity index (χ4n) is 1.47. The van der Waals surface area contributed by atoms with Gasteiger partial charge < -0.3 is 5.73 Å². The van der Waals surface area contributed by atoms with E-state index in [1.54, 1.807) is 10.9 Å². The van der Waals surface area contributed by atoms with E-state index >= 15 is 0 Å². The summed E-state index contributed by atoms with van der Waals surface area (Å²) in [5.74, 6) is 0. The zero-order chi connectivity index (χ0) is 10.1. The minimum absolute atomic E-state index is 0.684. The zero-order valence-electron chi connectivity index (χ0n) is 8.23. The molecular weight excluding hydrogens is 176 g/mol. The van der Waals surface area contributed by atoms with Gasteiger partial charge in [-0.05, 0) is 19.1 Å². The lowest BCUT2D eigenvalue weighted by Gasteiger charge is -2.01. The van der Waals surface area contributed by atoms with E-state index in [1.807, 2.05) is 32.3 Å². The molecule has 4 nitrogen and oxygen atoms in total. The van der Waals surface area contributed by atoms with Crippen LogP contribution in [0, 0.1) is 6.92 Å². The van der Waals surface area contributed by atoms with Crippen LogP contribution in [-0.2, 0) is 7.05 Å². The number of rotatable bonds is 1. The van der Waals surface area contributed by atoms with Crippen LogP contribution in [0.5, 0.6) is 0 Å². The smallest absolute Gasteiger partial charge is 0.0965 e. The first-order valence-electron chi connectivity index (χ1n) is 4.39. The van der Waals surface area contributed by atoms with Gasteiger partial charge in [0.2, 0.25) is 0 Å². The Labute approximate surface area is 82.4 Å². The van der Waals surface area contributed by atoms with Crippen LogP contribution >= 0.6 is 0 Å². The van der Waals surface area contributed by atoms with E-state index in [2.05, 4.69) is 10.1 Å². The summed E-state index contributed by atoms with van der Waals surface area (Å²) in [4.78, 5) is 4.24. The van der Waals surface area contributed by atoms with E-state index in [0.717, 1.165) is 17.0 Å². The molecule has 0 aliphatic rings. The van der Waals surface area contributed by atoms with E-state index in [-0.39, 0.29) is 0 Å². The number of hydrogen-bond donors (Lipinski definition) is 1. The molecule has 2 rings (SSSR count). The third kappa shape index (κ3) is 1.35. The van der Waals surface area contributed by atoms with Crippen LogP contribution < -0.4 is 5.73 Å². The molecule has 0 aliphatic heterocycles. The number of pyridine rings is 1. The van der Waals surface area contributed by atoms with Gasteiger partial charge in [-0.15, -0.1) is 0 Å². The Kier molecular flexibility index (Phi) is 1.96. The van der Waals surface area contributed by atoms with Crippen LogP contribution in [0.4, 0.5) is 5.69 Å². The first-order valence-corrected chi connectivity index (χ1v) is 4.39. The molecule has 0 radical (unpaired) electrons. The topological polar surface area (TPSA) is 56.7 Å². The predicted molar refractivity (Wildman–Crippen MR) is 55.6 cm³/mol. The minimum Gasteiger partial charge on any atom is -0.397 e. The molecule has 0 spiro atoms. The molecule has 0 bridgehead atoms. The van der Waals surface area contributed by atoms with Gasteiger partial charge in [0.1, 0.15) is 0 Å². The third-order valence-corrected chi connectivity index (χ3v) is 2.11. The van der Waals surface area contributed by atoms with Crippen LogP contribution in [0.3, 0.4) is 0 Å². The first-order chi connectivity index (χ1) is 6.68. The summed E-state index contributed by atoms with van der Waals surface area (Å²) in [6.45, 7) is 1.95. The Morgan fingerprint density at radius 1 is 1.43 bits per heavy atom. The van der Waals surface area contributed by atoms with E-state index < -0.39 is 0 Å². The first kappa shape index (κ1) is 8.74. The number of hydrogen-bond acceptors (Lipinski definition) is 3. The molecule has 0 saturated carbocycles. The Bertz CT molecular complexity index is 459. The number of nitrogens with two attached hydrogens (primary N) is 1. The average molecular weight is 188 g/mol. The molecule has 0 aromatic carbocycles. The van der Waals surface area contributed by atoms with Gasteiger partial charge >= 0.3 is 0 Å². The van der Waals surface area contributed by atoms with Crippen molar-refractivity contribution in [2.75, 3.05) is 5.73 Å². The minimum atomic E-state index is 0.684. The molecule has 2 N–H and O–H groups in total. The Hall–Kier alpha value is -1.84. The van der Waals surface area contributed by atoms with E-state index in [4.69, 9.17) is 5.73 Å². The number of aryl methyl sites for hydroxylation is 2. The second kappa shape index (κ2) is 3.14. The number of nitrogen functional groups attached to an aromatic ring is 1. The van der Waals surface area contributed by atoms with Crippen molar-refractivity contribution in [3.8, 4) is 11.3 Å². The van der Waals surface area contributed by atoms with Crippen molar-refractivity contribution in [2.24, 2.45) is 7.05 Å². The summed E-state index contributed by atoms with van der Waals surface area (Å²) < 4.78 is 1.76. The van der Waals surface area contributed by atoms with E-state index in [9.17, 15) is 0 Å². The van der Waals surface area contributed by atoms with Gasteiger partial charge in [-0.3, -0.25) is 9.67 Å². The van der Waals surface area contributed by atoms with Crippen LogP contribution in [0.25, 0.3) is 11.3 Å². The van der Waals surface area contributed by atoms with Gasteiger partial charge in [0.25, 0.3) is 0 Å². The lowest BCUT2D eigenvalue weighted by molar-refractivity contribution is 0.756. The SMILES string of the molecule is Cc1nn(C)cc1-c1ncccc1N. The summed E-state index contributed by atoms with van der Waals surface area (Å²) >= 11 is 0. The maximum Gasteiger partial charge on any atom is 0.0965 e. The largest absolute Gasteiger partial charge is 0.397 e. The van der Waals surface area contributed by atoms with Gasteiger partial charge in [0, 0.05) is 25.0 Å². The molecule has 4 heteroatoms. The normalized spacial score (nSPS) is 10.4. The van der Waals surface area contributed by atoms with Crippen LogP contribution in [0.1, 0.15) is 5.69 Å². The molecule has 72 valence electrons. The average Bonchev–Trinajstić information content (AvgIpc) is 2.46. The van der Waals surface area contributed by atoms with Crippen molar-refractivity contribution in [3.63, 3.8) is 0 Å². The van der Waals surface area contributed by atoms with E-state index in [0.29, 0.717) is 5.69 Å². The standard InChI is InChI=1S/C10H12N4/c1-7-8(6-14(2)13-7)10-9(11)4-3-5-12-10/h3-6H,11H2,1-2H3. The molecule has 0 amide bonds. The second-order valence-electron chi connectivity index (χ2n) is 3.24. The predicted octanol–water partition coefficient (Wildman–Crippen LogP) is 1.37. The van der Waals surface area contributed by atoms with Gasteiger partial charge in [-0.1, -0.05) is 0 Å². The lowest BCUT2D eigenvalue weighted by atomic mass is 10.1. The summed E-state index contributed by atoms with van der Waals surface area (Å²) in [6, 6.07) is 3.67. The molecule has 2 aromatic rings. The highest BCUT2D eigenvalue weighted by atomic mass is 15.2. The summed E-state index contributed by atoms with van der Waals surface area (Å²) in [5, 5.41) is 4.25. The zero-order valence-corrected chi connectivity index (χ0v) is 8.23. The fraction of sp³-hybridized carbons (Fsp3) is 0.200. The van der Waals surface area contributed by atoms with Crippen molar-refractivity contribution in [2.45, 2.75) is 6.92 Å². The third-order valence-electron chi connectivity index (χ3n) is 2.11. The quantitative estimate of drug-likeness (QED) is 0.735. The highest BCUT2D eigenvalue weighted by molar-refractivity contribution is 5.73. The van der Waals surface area contributed by atoms with Crippen molar-refractivity contribution >= 4 is 5.69 Å². The molecule has 0 saturated heterocycles. The van der Waals surface area contributed by atoms with Crippen molar-refractivity contribution in [1.82, 2.24) is 14.8 Å². The van der Waals surface area contributed by atoms with Gasteiger partial charge in [-0.2, -0.15) is 5.10 Å². The molecule has 0 aliphatic carbocycles. The molecular formula is C10H12N4.